The zero-order valence-electron chi connectivity index (χ0n) is 11.5. The molecule has 3 nitrogen and oxygen atoms in total. The fourth-order valence-corrected chi connectivity index (χ4v) is 2.01. The Morgan fingerprint density at radius 3 is 1.59 bits per heavy atom. The third-order valence-corrected chi connectivity index (χ3v) is 3.09. The minimum absolute atomic E-state index is 0. The van der Waals surface area contributed by atoms with E-state index in [4.69, 9.17) is 0 Å². The third kappa shape index (κ3) is 20.4. The second-order valence-corrected chi connectivity index (χ2v) is 4.94. The maximum absolute atomic E-state index is 10.1. The molecule has 0 atom stereocenters. The first kappa shape index (κ1) is 21.2. The van der Waals surface area contributed by atoms with E-state index < -0.39 is 8.60 Å². The molecular formula is C12H25KO3P-. The van der Waals surface area contributed by atoms with Gasteiger partial charge < -0.3 is 14.3 Å². The van der Waals surface area contributed by atoms with E-state index in [-0.39, 0.29) is 51.4 Å². The quantitative estimate of drug-likeness (QED) is 0.286. The molecule has 0 bridgehead atoms. The van der Waals surface area contributed by atoms with Crippen molar-refractivity contribution in [1.29, 1.82) is 0 Å². The summed E-state index contributed by atoms with van der Waals surface area (Å²) in [7, 11) is -2.64. The van der Waals surface area contributed by atoms with E-state index in [0.717, 1.165) is 12.8 Å². The van der Waals surface area contributed by atoms with Gasteiger partial charge in [0.25, 0.3) is 0 Å². The molecule has 0 spiro atoms. The Balaban J connectivity index is 0. The maximum atomic E-state index is 10.1. The molecule has 0 saturated carbocycles. The third-order valence-electron chi connectivity index (χ3n) is 2.69. The summed E-state index contributed by atoms with van der Waals surface area (Å²) in [6.45, 7) is 2.59. The fourth-order valence-electron chi connectivity index (χ4n) is 1.73. The molecule has 0 amide bonds. The van der Waals surface area contributed by atoms with Crippen molar-refractivity contribution in [2.45, 2.75) is 71.1 Å². The van der Waals surface area contributed by atoms with Gasteiger partial charge in [0.05, 0.1) is 0 Å². The topological polar surface area (TPSA) is 55.3 Å². The first-order chi connectivity index (χ1) is 7.77. The van der Waals surface area contributed by atoms with Crippen molar-refractivity contribution < 1.29 is 65.7 Å². The molecule has 0 aromatic heterocycles. The Hall–Kier alpha value is 1.95. The molecule has 0 rings (SSSR count). The van der Waals surface area contributed by atoms with E-state index >= 15 is 0 Å². The van der Waals surface area contributed by atoms with Crippen LogP contribution in [0.25, 0.3) is 0 Å². The molecule has 0 aliphatic carbocycles. The number of unbranched alkanes of at least 4 members (excludes halogenated alkanes) is 9. The molecular weight excluding hydrogens is 262 g/mol. The molecule has 0 unspecified atom stereocenters. The Morgan fingerprint density at radius 1 is 0.765 bits per heavy atom. The van der Waals surface area contributed by atoms with Gasteiger partial charge in [0.1, 0.15) is 0 Å². The molecule has 0 aliphatic rings. The molecule has 17 heavy (non-hydrogen) atoms. The van der Waals surface area contributed by atoms with Crippen LogP contribution in [-0.4, -0.2) is 6.61 Å². The minimum Gasteiger partial charge on any atom is -0.820 e. The van der Waals surface area contributed by atoms with Gasteiger partial charge in [-0.3, -0.25) is 0 Å². The molecule has 0 aromatic rings. The Bertz CT molecular complexity index is 137. The van der Waals surface area contributed by atoms with Gasteiger partial charge in [-0.05, 0) is 6.42 Å². The van der Waals surface area contributed by atoms with E-state index in [1.807, 2.05) is 0 Å². The summed E-state index contributed by atoms with van der Waals surface area (Å²) < 4.78 is 4.47. The first-order valence-corrected chi connectivity index (χ1v) is 7.64. The monoisotopic (exact) mass is 287 g/mol. The average Bonchev–Trinajstić information content (AvgIpc) is 2.25. The zero-order chi connectivity index (χ0) is 12.1. The molecule has 0 radical (unpaired) electrons. The summed E-state index contributed by atoms with van der Waals surface area (Å²) in [6, 6.07) is 0. The molecule has 0 aliphatic heterocycles. The van der Waals surface area contributed by atoms with Crippen LogP contribution in [0.15, 0.2) is 0 Å². The SMILES string of the molecule is CCCCCCCCCCCCOP([O-])[O-].[K+]. The van der Waals surface area contributed by atoms with Gasteiger partial charge in [0, 0.05) is 6.61 Å². The van der Waals surface area contributed by atoms with Crippen molar-refractivity contribution in [3.05, 3.63) is 0 Å². The van der Waals surface area contributed by atoms with Crippen LogP contribution < -0.4 is 61.2 Å². The maximum Gasteiger partial charge on any atom is 1.00 e. The molecule has 0 N–H and O–H groups in total. The van der Waals surface area contributed by atoms with Crippen LogP contribution in [0.5, 0.6) is 0 Å². The molecule has 0 heterocycles. The summed E-state index contributed by atoms with van der Waals surface area (Å²) in [5.41, 5.74) is 0. The second kappa shape index (κ2) is 17.9. The summed E-state index contributed by atoms with van der Waals surface area (Å²) in [6.07, 6.45) is 12.5. The van der Waals surface area contributed by atoms with Crippen LogP contribution in [-0.2, 0) is 4.52 Å². The molecule has 98 valence electrons. The smallest absolute Gasteiger partial charge is 0.820 e. The predicted molar refractivity (Wildman–Crippen MR) is 64.7 cm³/mol. The van der Waals surface area contributed by atoms with Crippen molar-refractivity contribution in [1.82, 2.24) is 0 Å². The van der Waals surface area contributed by atoms with Gasteiger partial charge in [-0.25, -0.2) is 0 Å². The van der Waals surface area contributed by atoms with Crippen molar-refractivity contribution in [3.63, 3.8) is 0 Å². The molecule has 0 aromatic carbocycles. The van der Waals surface area contributed by atoms with Crippen molar-refractivity contribution in [2.24, 2.45) is 0 Å². The van der Waals surface area contributed by atoms with E-state index in [2.05, 4.69) is 11.4 Å². The Kier molecular flexibility index (Phi) is 22.4. The van der Waals surface area contributed by atoms with Crippen LogP contribution in [0.2, 0.25) is 0 Å². The second-order valence-electron chi connectivity index (χ2n) is 4.24. The summed E-state index contributed by atoms with van der Waals surface area (Å²) in [4.78, 5) is 20.1. The van der Waals surface area contributed by atoms with Gasteiger partial charge in [0.15, 0.2) is 0 Å². The van der Waals surface area contributed by atoms with Crippen LogP contribution in [0, 0.1) is 0 Å². The van der Waals surface area contributed by atoms with Gasteiger partial charge in [0.2, 0.25) is 0 Å². The Labute approximate surface area is 150 Å². The van der Waals surface area contributed by atoms with E-state index in [0.29, 0.717) is 6.61 Å². The van der Waals surface area contributed by atoms with Crippen LogP contribution in [0.1, 0.15) is 71.1 Å². The largest absolute Gasteiger partial charge is 1.00 e. The molecule has 0 fully saturated rings. The van der Waals surface area contributed by atoms with Gasteiger partial charge >= 0.3 is 51.4 Å². The number of rotatable bonds is 12. The average molecular weight is 287 g/mol. The number of hydrogen-bond donors (Lipinski definition) is 0. The van der Waals surface area contributed by atoms with Crippen molar-refractivity contribution in [3.8, 4) is 0 Å². The molecule has 0 saturated heterocycles. The normalized spacial score (nSPS) is 10.6. The van der Waals surface area contributed by atoms with E-state index in [1.165, 1.54) is 51.4 Å². The van der Waals surface area contributed by atoms with Gasteiger partial charge in [-0.1, -0.05) is 64.7 Å². The summed E-state index contributed by atoms with van der Waals surface area (Å²) in [5, 5.41) is 0. The number of hydrogen-bond acceptors (Lipinski definition) is 3. The minimum atomic E-state index is -2.64. The predicted octanol–water partition coefficient (Wildman–Crippen LogP) is -0.125. The van der Waals surface area contributed by atoms with E-state index in [1.54, 1.807) is 0 Å². The van der Waals surface area contributed by atoms with Crippen molar-refractivity contribution in [2.75, 3.05) is 6.61 Å². The summed E-state index contributed by atoms with van der Waals surface area (Å²) >= 11 is 0. The fraction of sp³-hybridized carbons (Fsp3) is 1.00. The van der Waals surface area contributed by atoms with Crippen LogP contribution >= 0.6 is 8.60 Å². The van der Waals surface area contributed by atoms with Gasteiger partial charge in [-0.15, -0.1) is 0 Å². The Morgan fingerprint density at radius 2 is 1.18 bits per heavy atom. The van der Waals surface area contributed by atoms with Crippen LogP contribution in [0.3, 0.4) is 0 Å². The summed E-state index contributed by atoms with van der Waals surface area (Å²) in [5.74, 6) is 0. The zero-order valence-corrected chi connectivity index (χ0v) is 15.5. The van der Waals surface area contributed by atoms with Crippen LogP contribution in [0.4, 0.5) is 0 Å². The van der Waals surface area contributed by atoms with Gasteiger partial charge in [-0.2, -0.15) is 8.60 Å². The molecule has 5 heteroatoms. The van der Waals surface area contributed by atoms with Crippen molar-refractivity contribution >= 4 is 8.60 Å². The van der Waals surface area contributed by atoms with E-state index in [9.17, 15) is 9.79 Å². The standard InChI is InChI=1S/C12H25O3P.K/c1-2-3-4-5-6-7-8-9-10-11-12-15-16(13)14;/h2-12H2,1H3;/q-2;+1. The first-order valence-electron chi connectivity index (χ1n) is 6.54.